The molecule has 1 amide bonds. The van der Waals surface area contributed by atoms with Crippen LogP contribution < -0.4 is 0 Å². The summed E-state index contributed by atoms with van der Waals surface area (Å²) in [5, 5.41) is 0. The maximum atomic E-state index is 13.3. The summed E-state index contributed by atoms with van der Waals surface area (Å²) in [5.74, 6) is -1.14. The van der Waals surface area contributed by atoms with Crippen LogP contribution in [0.15, 0.2) is 18.2 Å². The number of carbonyl (C=O) groups is 1. The standard InChI is InChI=1S/C13H15F4NO/c1-3-18(7-6-13(15,16)17)12(19)10-5-4-9(2)11(14)8-10/h4-5,8H,3,6-7H2,1-2H3. The van der Waals surface area contributed by atoms with Gasteiger partial charge in [0.2, 0.25) is 0 Å². The fourth-order valence-electron chi connectivity index (χ4n) is 1.57. The number of benzene rings is 1. The minimum atomic E-state index is -4.31. The Morgan fingerprint density at radius 2 is 1.95 bits per heavy atom. The van der Waals surface area contributed by atoms with Crippen LogP contribution in [0.2, 0.25) is 0 Å². The molecule has 19 heavy (non-hydrogen) atoms. The van der Waals surface area contributed by atoms with E-state index in [0.29, 0.717) is 5.56 Å². The van der Waals surface area contributed by atoms with E-state index < -0.39 is 30.9 Å². The van der Waals surface area contributed by atoms with Gasteiger partial charge in [0.05, 0.1) is 6.42 Å². The normalized spacial score (nSPS) is 11.5. The van der Waals surface area contributed by atoms with Crippen LogP contribution in [0.1, 0.15) is 29.3 Å². The summed E-state index contributed by atoms with van der Waals surface area (Å²) >= 11 is 0. The van der Waals surface area contributed by atoms with Gasteiger partial charge in [-0.15, -0.1) is 0 Å². The Kier molecular flexibility index (Phi) is 4.91. The number of hydrogen-bond acceptors (Lipinski definition) is 1. The summed E-state index contributed by atoms with van der Waals surface area (Å²) in [6, 6.07) is 3.89. The van der Waals surface area contributed by atoms with Gasteiger partial charge in [0, 0.05) is 18.7 Å². The first-order valence-corrected chi connectivity index (χ1v) is 5.86. The van der Waals surface area contributed by atoms with Crippen LogP contribution in [-0.4, -0.2) is 30.1 Å². The fraction of sp³-hybridized carbons (Fsp3) is 0.462. The zero-order chi connectivity index (χ0) is 14.6. The summed E-state index contributed by atoms with van der Waals surface area (Å²) in [6.07, 6.45) is -5.38. The third-order valence-electron chi connectivity index (χ3n) is 2.75. The molecule has 2 nitrogen and oxygen atoms in total. The van der Waals surface area contributed by atoms with Gasteiger partial charge in [0.1, 0.15) is 5.82 Å². The molecule has 6 heteroatoms. The topological polar surface area (TPSA) is 20.3 Å². The molecule has 0 saturated heterocycles. The third kappa shape index (κ3) is 4.54. The molecule has 106 valence electrons. The monoisotopic (exact) mass is 277 g/mol. The predicted octanol–water partition coefficient (Wildman–Crippen LogP) is 3.55. The van der Waals surface area contributed by atoms with Crippen LogP contribution in [0.4, 0.5) is 17.6 Å². The molecule has 0 fully saturated rings. The van der Waals surface area contributed by atoms with Crippen molar-refractivity contribution in [2.24, 2.45) is 0 Å². The van der Waals surface area contributed by atoms with Crippen molar-refractivity contribution in [3.05, 3.63) is 35.1 Å². The van der Waals surface area contributed by atoms with E-state index in [4.69, 9.17) is 0 Å². The Hall–Kier alpha value is -1.59. The van der Waals surface area contributed by atoms with Crippen molar-refractivity contribution in [3.8, 4) is 0 Å². The highest BCUT2D eigenvalue weighted by Gasteiger charge is 2.28. The van der Waals surface area contributed by atoms with Gasteiger partial charge in [-0.1, -0.05) is 6.07 Å². The van der Waals surface area contributed by atoms with Crippen LogP contribution >= 0.6 is 0 Å². The van der Waals surface area contributed by atoms with Crippen molar-refractivity contribution in [1.82, 2.24) is 4.90 Å². The highest BCUT2D eigenvalue weighted by Crippen LogP contribution is 2.20. The molecule has 0 bridgehead atoms. The summed E-state index contributed by atoms with van der Waals surface area (Å²) in [7, 11) is 0. The Balaban J connectivity index is 2.80. The number of carbonyl (C=O) groups excluding carboxylic acids is 1. The van der Waals surface area contributed by atoms with E-state index in [9.17, 15) is 22.4 Å². The first kappa shape index (κ1) is 15.5. The Bertz CT molecular complexity index is 456. The minimum Gasteiger partial charge on any atom is -0.339 e. The summed E-state index contributed by atoms with van der Waals surface area (Å²) in [5.41, 5.74) is 0.446. The summed E-state index contributed by atoms with van der Waals surface area (Å²) in [4.78, 5) is 13.0. The highest BCUT2D eigenvalue weighted by atomic mass is 19.4. The van der Waals surface area contributed by atoms with E-state index in [1.165, 1.54) is 12.1 Å². The molecule has 0 atom stereocenters. The molecule has 0 aliphatic heterocycles. The molecule has 0 aliphatic rings. The second-order valence-electron chi connectivity index (χ2n) is 4.21. The van der Waals surface area contributed by atoms with Crippen molar-refractivity contribution >= 4 is 5.91 Å². The third-order valence-corrected chi connectivity index (χ3v) is 2.75. The van der Waals surface area contributed by atoms with Gasteiger partial charge in [0.25, 0.3) is 5.91 Å². The number of aryl methyl sites for hydroxylation is 1. The number of alkyl halides is 3. The number of amides is 1. The highest BCUT2D eigenvalue weighted by molar-refractivity contribution is 5.94. The van der Waals surface area contributed by atoms with Crippen LogP contribution in [-0.2, 0) is 0 Å². The molecular formula is C13H15F4NO. The molecule has 0 heterocycles. The predicted molar refractivity (Wildman–Crippen MR) is 63.4 cm³/mol. The van der Waals surface area contributed by atoms with Gasteiger partial charge < -0.3 is 4.90 Å². The second-order valence-corrected chi connectivity index (χ2v) is 4.21. The number of hydrogen-bond donors (Lipinski definition) is 0. The lowest BCUT2D eigenvalue weighted by Crippen LogP contribution is -2.34. The molecule has 0 radical (unpaired) electrons. The van der Waals surface area contributed by atoms with Crippen molar-refractivity contribution in [1.29, 1.82) is 0 Å². The zero-order valence-electron chi connectivity index (χ0n) is 10.7. The average Bonchev–Trinajstić information content (AvgIpc) is 2.31. The lowest BCUT2D eigenvalue weighted by atomic mass is 10.1. The molecule has 1 aromatic carbocycles. The second kappa shape index (κ2) is 6.04. The van der Waals surface area contributed by atoms with E-state index in [1.54, 1.807) is 13.8 Å². The van der Waals surface area contributed by atoms with Crippen molar-refractivity contribution in [2.45, 2.75) is 26.4 Å². The van der Waals surface area contributed by atoms with Gasteiger partial charge >= 0.3 is 6.18 Å². The maximum absolute atomic E-state index is 13.3. The Morgan fingerprint density at radius 3 is 2.42 bits per heavy atom. The van der Waals surface area contributed by atoms with Crippen LogP contribution in [0.5, 0.6) is 0 Å². The average molecular weight is 277 g/mol. The molecule has 0 aliphatic carbocycles. The smallest absolute Gasteiger partial charge is 0.339 e. The van der Waals surface area contributed by atoms with Gasteiger partial charge in [-0.05, 0) is 31.5 Å². The largest absolute Gasteiger partial charge is 0.390 e. The van der Waals surface area contributed by atoms with Crippen LogP contribution in [0.3, 0.4) is 0 Å². The Labute approximate surface area is 109 Å². The van der Waals surface area contributed by atoms with Crippen molar-refractivity contribution < 1.29 is 22.4 Å². The molecule has 1 rings (SSSR count). The SMILES string of the molecule is CCN(CCC(F)(F)F)C(=O)c1ccc(C)c(F)c1. The zero-order valence-corrected chi connectivity index (χ0v) is 10.7. The van der Waals surface area contributed by atoms with E-state index >= 15 is 0 Å². The number of halogens is 4. The van der Waals surface area contributed by atoms with Crippen molar-refractivity contribution in [3.63, 3.8) is 0 Å². The quantitative estimate of drug-likeness (QED) is 0.771. The molecule has 0 spiro atoms. The van der Waals surface area contributed by atoms with Crippen molar-refractivity contribution in [2.75, 3.05) is 13.1 Å². The van der Waals surface area contributed by atoms with Gasteiger partial charge in [-0.2, -0.15) is 13.2 Å². The van der Waals surface area contributed by atoms with E-state index in [1.807, 2.05) is 0 Å². The molecule has 1 aromatic rings. The van der Waals surface area contributed by atoms with Gasteiger partial charge in [0.15, 0.2) is 0 Å². The van der Waals surface area contributed by atoms with Gasteiger partial charge in [-0.25, -0.2) is 4.39 Å². The molecule has 0 aromatic heterocycles. The van der Waals surface area contributed by atoms with Crippen LogP contribution in [0.25, 0.3) is 0 Å². The summed E-state index contributed by atoms with van der Waals surface area (Å²) < 4.78 is 49.7. The Morgan fingerprint density at radius 1 is 1.32 bits per heavy atom. The lowest BCUT2D eigenvalue weighted by Gasteiger charge is -2.21. The van der Waals surface area contributed by atoms with E-state index in [0.717, 1.165) is 11.0 Å². The molecule has 0 unspecified atom stereocenters. The first-order chi connectivity index (χ1) is 8.74. The molecular weight excluding hydrogens is 262 g/mol. The fourth-order valence-corrected chi connectivity index (χ4v) is 1.57. The van der Waals surface area contributed by atoms with E-state index in [2.05, 4.69) is 0 Å². The maximum Gasteiger partial charge on any atom is 0.390 e. The number of rotatable bonds is 4. The minimum absolute atomic E-state index is 0.0622. The summed E-state index contributed by atoms with van der Waals surface area (Å²) in [6.45, 7) is 2.85. The molecule has 0 N–H and O–H groups in total. The number of nitrogens with zero attached hydrogens (tertiary/aromatic N) is 1. The van der Waals surface area contributed by atoms with Gasteiger partial charge in [-0.3, -0.25) is 4.79 Å². The first-order valence-electron chi connectivity index (χ1n) is 5.86. The van der Waals surface area contributed by atoms with Crippen LogP contribution in [0, 0.1) is 12.7 Å². The molecule has 0 saturated carbocycles. The van der Waals surface area contributed by atoms with E-state index in [-0.39, 0.29) is 12.1 Å². The lowest BCUT2D eigenvalue weighted by molar-refractivity contribution is -0.136.